The van der Waals surface area contributed by atoms with Crippen LogP contribution >= 0.6 is 12.4 Å². The Morgan fingerprint density at radius 2 is 1.89 bits per heavy atom. The van der Waals surface area contributed by atoms with Crippen molar-refractivity contribution in [3.8, 4) is 0 Å². The van der Waals surface area contributed by atoms with Crippen LogP contribution in [0.2, 0.25) is 0 Å². The molecule has 0 amide bonds. The number of piperidine rings is 1. The van der Waals surface area contributed by atoms with Crippen molar-refractivity contribution in [2.45, 2.75) is 32.6 Å². The van der Waals surface area contributed by atoms with Crippen molar-refractivity contribution in [2.24, 2.45) is 5.92 Å². The van der Waals surface area contributed by atoms with Crippen LogP contribution in [0.25, 0.3) is 0 Å². The van der Waals surface area contributed by atoms with Crippen LogP contribution in [0.4, 0.5) is 0 Å². The Bertz CT molecular complexity index is 210. The quantitative estimate of drug-likeness (QED) is 0.766. The Balaban J connectivity index is 0.00000162. The summed E-state index contributed by atoms with van der Waals surface area (Å²) in [6.07, 6.45) is 5.67. The first-order valence-corrected chi connectivity index (χ1v) is 7.41. The van der Waals surface area contributed by atoms with Crippen LogP contribution < -0.4 is 0 Å². The molecular formula is C14H29ClN2O. The van der Waals surface area contributed by atoms with E-state index in [-0.39, 0.29) is 12.4 Å². The molecule has 2 aliphatic heterocycles. The third kappa shape index (κ3) is 5.43. The van der Waals surface area contributed by atoms with Gasteiger partial charge in [0.1, 0.15) is 0 Å². The number of ether oxygens (including phenoxy) is 1. The second-order valence-corrected chi connectivity index (χ2v) is 5.50. The van der Waals surface area contributed by atoms with E-state index in [4.69, 9.17) is 4.74 Å². The van der Waals surface area contributed by atoms with Crippen molar-refractivity contribution < 1.29 is 4.74 Å². The normalized spacial score (nSPS) is 26.8. The van der Waals surface area contributed by atoms with E-state index in [1.54, 1.807) is 0 Å². The van der Waals surface area contributed by atoms with Gasteiger partial charge in [-0.05, 0) is 51.2 Å². The van der Waals surface area contributed by atoms with Gasteiger partial charge in [-0.15, -0.1) is 12.4 Å². The molecule has 0 aromatic heterocycles. The minimum atomic E-state index is 0. The fraction of sp³-hybridized carbons (Fsp3) is 1.00. The molecule has 0 N–H and O–H groups in total. The molecule has 108 valence electrons. The van der Waals surface area contributed by atoms with E-state index in [0.29, 0.717) is 0 Å². The average Bonchev–Trinajstić information content (AvgIpc) is 2.40. The lowest BCUT2D eigenvalue weighted by atomic mass is 9.93. The first kappa shape index (κ1) is 16.2. The number of halogens is 1. The summed E-state index contributed by atoms with van der Waals surface area (Å²) < 4.78 is 5.38. The highest BCUT2D eigenvalue weighted by Crippen LogP contribution is 2.20. The number of hydrogen-bond donors (Lipinski definition) is 0. The fourth-order valence-corrected chi connectivity index (χ4v) is 3.10. The zero-order chi connectivity index (χ0) is 11.9. The molecule has 0 aromatic carbocycles. The summed E-state index contributed by atoms with van der Waals surface area (Å²) in [5.41, 5.74) is 0. The van der Waals surface area contributed by atoms with Crippen LogP contribution in [0.1, 0.15) is 32.6 Å². The summed E-state index contributed by atoms with van der Waals surface area (Å²) >= 11 is 0. The van der Waals surface area contributed by atoms with Crippen LogP contribution in [-0.2, 0) is 4.74 Å². The monoisotopic (exact) mass is 276 g/mol. The maximum absolute atomic E-state index is 5.38. The van der Waals surface area contributed by atoms with Crippen molar-refractivity contribution in [1.82, 2.24) is 9.80 Å². The SMILES string of the molecule is CCN1CCCC(CCCN2CCOCC2)C1.Cl. The molecule has 0 aliphatic carbocycles. The van der Waals surface area contributed by atoms with Gasteiger partial charge in [0.15, 0.2) is 0 Å². The zero-order valence-electron chi connectivity index (χ0n) is 11.8. The molecular weight excluding hydrogens is 248 g/mol. The second kappa shape index (κ2) is 9.13. The molecule has 2 fully saturated rings. The summed E-state index contributed by atoms with van der Waals surface area (Å²) in [7, 11) is 0. The molecule has 0 radical (unpaired) electrons. The van der Waals surface area contributed by atoms with Gasteiger partial charge in [0, 0.05) is 19.6 Å². The molecule has 0 bridgehead atoms. The van der Waals surface area contributed by atoms with Gasteiger partial charge in [0.2, 0.25) is 0 Å². The Labute approximate surface area is 118 Å². The van der Waals surface area contributed by atoms with Gasteiger partial charge in [0.25, 0.3) is 0 Å². The van der Waals surface area contributed by atoms with Gasteiger partial charge in [-0.25, -0.2) is 0 Å². The van der Waals surface area contributed by atoms with E-state index in [9.17, 15) is 0 Å². The van der Waals surface area contributed by atoms with Crippen LogP contribution in [0.5, 0.6) is 0 Å². The lowest BCUT2D eigenvalue weighted by Crippen LogP contribution is -2.38. The standard InChI is InChI=1S/C14H28N2O.ClH/c1-2-15-7-3-5-14(13-15)6-4-8-16-9-11-17-12-10-16;/h14H,2-13H2,1H3;1H. The Hall–Kier alpha value is 0.170. The molecule has 1 unspecified atom stereocenters. The number of morpholine rings is 1. The molecule has 4 heteroatoms. The van der Waals surface area contributed by atoms with E-state index in [1.807, 2.05) is 0 Å². The number of likely N-dealkylation sites (tertiary alicyclic amines) is 1. The Morgan fingerprint density at radius 3 is 2.61 bits per heavy atom. The molecule has 3 nitrogen and oxygen atoms in total. The average molecular weight is 277 g/mol. The van der Waals surface area contributed by atoms with Gasteiger partial charge in [-0.3, -0.25) is 4.90 Å². The molecule has 2 aliphatic rings. The maximum Gasteiger partial charge on any atom is 0.0594 e. The van der Waals surface area contributed by atoms with Crippen LogP contribution in [0, 0.1) is 5.92 Å². The summed E-state index contributed by atoms with van der Waals surface area (Å²) in [6.45, 7) is 11.6. The van der Waals surface area contributed by atoms with E-state index in [1.165, 1.54) is 51.9 Å². The zero-order valence-corrected chi connectivity index (χ0v) is 12.6. The minimum Gasteiger partial charge on any atom is -0.379 e. The number of rotatable bonds is 5. The lowest BCUT2D eigenvalue weighted by Gasteiger charge is -2.32. The highest BCUT2D eigenvalue weighted by Gasteiger charge is 2.18. The molecule has 1 atom stereocenters. The summed E-state index contributed by atoms with van der Waals surface area (Å²) in [5, 5.41) is 0. The smallest absolute Gasteiger partial charge is 0.0594 e. The predicted molar refractivity (Wildman–Crippen MR) is 78.6 cm³/mol. The highest BCUT2D eigenvalue weighted by molar-refractivity contribution is 5.85. The highest BCUT2D eigenvalue weighted by atomic mass is 35.5. The first-order chi connectivity index (χ1) is 8.38. The van der Waals surface area contributed by atoms with E-state index in [2.05, 4.69) is 16.7 Å². The van der Waals surface area contributed by atoms with Crippen LogP contribution in [0.3, 0.4) is 0 Å². The fourth-order valence-electron chi connectivity index (χ4n) is 3.10. The van der Waals surface area contributed by atoms with Gasteiger partial charge in [-0.2, -0.15) is 0 Å². The first-order valence-electron chi connectivity index (χ1n) is 7.41. The molecule has 2 heterocycles. The van der Waals surface area contributed by atoms with Gasteiger partial charge >= 0.3 is 0 Å². The van der Waals surface area contributed by atoms with Gasteiger partial charge in [0.05, 0.1) is 13.2 Å². The topological polar surface area (TPSA) is 15.7 Å². The van der Waals surface area contributed by atoms with Crippen molar-refractivity contribution in [3.63, 3.8) is 0 Å². The third-order valence-electron chi connectivity index (χ3n) is 4.24. The Morgan fingerprint density at radius 1 is 1.11 bits per heavy atom. The Kier molecular flexibility index (Phi) is 8.23. The lowest BCUT2D eigenvalue weighted by molar-refractivity contribution is 0.0360. The minimum absolute atomic E-state index is 0. The molecule has 0 aromatic rings. The predicted octanol–water partition coefficient (Wildman–Crippen LogP) is 2.25. The summed E-state index contributed by atoms with van der Waals surface area (Å²) in [5.74, 6) is 0.963. The maximum atomic E-state index is 5.38. The summed E-state index contributed by atoms with van der Waals surface area (Å²) in [6, 6.07) is 0. The molecule has 18 heavy (non-hydrogen) atoms. The molecule has 2 rings (SSSR count). The van der Waals surface area contributed by atoms with Gasteiger partial charge < -0.3 is 9.64 Å². The van der Waals surface area contributed by atoms with E-state index >= 15 is 0 Å². The van der Waals surface area contributed by atoms with Crippen molar-refractivity contribution in [3.05, 3.63) is 0 Å². The third-order valence-corrected chi connectivity index (χ3v) is 4.24. The van der Waals surface area contributed by atoms with E-state index in [0.717, 1.165) is 32.2 Å². The summed E-state index contributed by atoms with van der Waals surface area (Å²) in [4.78, 5) is 5.17. The van der Waals surface area contributed by atoms with Crippen LogP contribution in [0.15, 0.2) is 0 Å². The number of nitrogens with zero attached hydrogens (tertiary/aromatic N) is 2. The largest absolute Gasteiger partial charge is 0.379 e. The second-order valence-electron chi connectivity index (χ2n) is 5.50. The van der Waals surface area contributed by atoms with Crippen LogP contribution in [-0.4, -0.2) is 62.3 Å². The van der Waals surface area contributed by atoms with Crippen molar-refractivity contribution in [1.29, 1.82) is 0 Å². The molecule has 2 saturated heterocycles. The van der Waals surface area contributed by atoms with Gasteiger partial charge in [-0.1, -0.05) is 6.92 Å². The van der Waals surface area contributed by atoms with E-state index < -0.39 is 0 Å². The molecule has 0 spiro atoms. The molecule has 0 saturated carbocycles. The number of hydrogen-bond acceptors (Lipinski definition) is 3. The van der Waals surface area contributed by atoms with Crippen molar-refractivity contribution >= 4 is 12.4 Å². The van der Waals surface area contributed by atoms with Crippen molar-refractivity contribution in [2.75, 3.05) is 52.5 Å².